The molecule has 6 nitrogen and oxygen atoms in total. The van der Waals surface area contributed by atoms with E-state index in [1.54, 1.807) is 6.33 Å². The molecule has 2 aliphatic heterocycles. The second-order valence-corrected chi connectivity index (χ2v) is 5.61. The third-order valence-corrected chi connectivity index (χ3v) is 4.33. The molecule has 2 aromatic rings. The first-order valence-electron chi connectivity index (χ1n) is 7.27. The van der Waals surface area contributed by atoms with Crippen LogP contribution in [0.3, 0.4) is 0 Å². The monoisotopic (exact) mass is 283 g/mol. The van der Waals surface area contributed by atoms with Crippen LogP contribution in [0.25, 0.3) is 0 Å². The summed E-state index contributed by atoms with van der Waals surface area (Å²) in [5.74, 6) is 1.03. The Labute approximate surface area is 122 Å². The van der Waals surface area contributed by atoms with Crippen LogP contribution in [0.2, 0.25) is 0 Å². The molecule has 0 spiro atoms. The van der Waals surface area contributed by atoms with Gasteiger partial charge in [0.15, 0.2) is 5.82 Å². The van der Waals surface area contributed by atoms with Crippen molar-refractivity contribution in [1.82, 2.24) is 25.0 Å². The fourth-order valence-corrected chi connectivity index (χ4v) is 3.10. The molecule has 1 aromatic carbocycles. The van der Waals surface area contributed by atoms with Gasteiger partial charge in [-0.3, -0.25) is 4.79 Å². The maximum atomic E-state index is 12.7. The average Bonchev–Trinajstić information content (AvgIpc) is 3.01. The van der Waals surface area contributed by atoms with Crippen LogP contribution < -0.4 is 5.32 Å². The number of hydrogen-bond donors (Lipinski definition) is 1. The molecule has 0 saturated carbocycles. The molecule has 0 aliphatic carbocycles. The molecule has 1 N–H and O–H groups in total. The van der Waals surface area contributed by atoms with Crippen molar-refractivity contribution < 1.29 is 4.79 Å². The molecule has 0 unspecified atom stereocenters. The second-order valence-electron chi connectivity index (χ2n) is 5.61. The van der Waals surface area contributed by atoms with E-state index in [0.717, 1.165) is 31.9 Å². The van der Waals surface area contributed by atoms with Crippen LogP contribution >= 0.6 is 0 Å². The number of carbonyl (C=O) groups excluding carboxylic acids is 1. The molecule has 4 rings (SSSR count). The summed E-state index contributed by atoms with van der Waals surface area (Å²) in [5.41, 5.74) is 2.56. The Morgan fingerprint density at radius 3 is 3.00 bits per heavy atom. The summed E-state index contributed by atoms with van der Waals surface area (Å²) in [4.78, 5) is 14.6. The quantitative estimate of drug-likeness (QED) is 0.819. The first kappa shape index (κ1) is 12.5. The zero-order chi connectivity index (χ0) is 14.2. The molecular formula is C15H17N5O. The number of nitrogens with zero attached hydrogens (tertiary/aromatic N) is 4. The first-order chi connectivity index (χ1) is 10.3. The highest BCUT2D eigenvalue weighted by Gasteiger charge is 2.30. The topological polar surface area (TPSA) is 63.1 Å². The van der Waals surface area contributed by atoms with Gasteiger partial charge in [-0.2, -0.15) is 0 Å². The molecule has 1 amide bonds. The standard InChI is InChI=1S/C15H17N5O/c21-15(19-5-6-20-10-17-18-14(20)9-19)13-7-11-3-1-2-4-12(11)8-16-13/h1-4,10,13,16H,5-9H2/t13-/m1/s1. The van der Waals surface area contributed by atoms with E-state index in [9.17, 15) is 4.79 Å². The number of fused-ring (bicyclic) bond motifs is 2. The van der Waals surface area contributed by atoms with Gasteiger partial charge in [-0.05, 0) is 17.5 Å². The molecule has 108 valence electrons. The molecule has 21 heavy (non-hydrogen) atoms. The number of hydrogen-bond acceptors (Lipinski definition) is 4. The van der Waals surface area contributed by atoms with Crippen LogP contribution in [0, 0.1) is 0 Å². The molecular weight excluding hydrogens is 266 g/mol. The van der Waals surface area contributed by atoms with Crippen LogP contribution in [0.5, 0.6) is 0 Å². The van der Waals surface area contributed by atoms with Gasteiger partial charge in [0.25, 0.3) is 0 Å². The third kappa shape index (κ3) is 2.21. The maximum absolute atomic E-state index is 12.7. The van der Waals surface area contributed by atoms with Crippen molar-refractivity contribution in [2.75, 3.05) is 6.54 Å². The fourth-order valence-electron chi connectivity index (χ4n) is 3.10. The lowest BCUT2D eigenvalue weighted by molar-refractivity contribution is -0.135. The van der Waals surface area contributed by atoms with Crippen LogP contribution in [-0.4, -0.2) is 38.2 Å². The van der Waals surface area contributed by atoms with E-state index in [1.807, 2.05) is 21.6 Å². The number of carbonyl (C=O) groups is 1. The molecule has 0 bridgehead atoms. The summed E-state index contributed by atoms with van der Waals surface area (Å²) in [7, 11) is 0. The Balaban J connectivity index is 1.49. The highest BCUT2D eigenvalue weighted by atomic mass is 16.2. The Hall–Kier alpha value is -2.21. The van der Waals surface area contributed by atoms with E-state index in [2.05, 4.69) is 27.6 Å². The van der Waals surface area contributed by atoms with Crippen molar-refractivity contribution in [3.8, 4) is 0 Å². The Morgan fingerprint density at radius 1 is 1.24 bits per heavy atom. The van der Waals surface area contributed by atoms with Gasteiger partial charge in [0, 0.05) is 19.6 Å². The van der Waals surface area contributed by atoms with Crippen molar-refractivity contribution in [3.05, 3.63) is 47.5 Å². The van der Waals surface area contributed by atoms with Crippen LogP contribution in [0.1, 0.15) is 17.0 Å². The average molecular weight is 283 g/mol. The van der Waals surface area contributed by atoms with Crippen LogP contribution in [0.4, 0.5) is 0 Å². The largest absolute Gasteiger partial charge is 0.332 e. The number of amides is 1. The highest BCUT2D eigenvalue weighted by Crippen LogP contribution is 2.19. The van der Waals surface area contributed by atoms with Gasteiger partial charge < -0.3 is 14.8 Å². The summed E-state index contributed by atoms with van der Waals surface area (Å²) in [5, 5.41) is 11.3. The fraction of sp³-hybridized carbons (Fsp3) is 0.400. The number of benzene rings is 1. The Bertz CT molecular complexity index is 680. The lowest BCUT2D eigenvalue weighted by atomic mass is 9.95. The van der Waals surface area contributed by atoms with Crippen LogP contribution in [-0.2, 0) is 30.8 Å². The molecule has 2 aliphatic rings. The van der Waals surface area contributed by atoms with Gasteiger partial charge in [-0.1, -0.05) is 24.3 Å². The molecule has 1 atom stereocenters. The number of nitrogens with one attached hydrogen (secondary N) is 1. The molecule has 1 aromatic heterocycles. The molecule has 6 heteroatoms. The van der Waals surface area contributed by atoms with E-state index >= 15 is 0 Å². The summed E-state index contributed by atoms with van der Waals surface area (Å²) in [6.07, 6.45) is 2.49. The minimum Gasteiger partial charge on any atom is -0.332 e. The summed E-state index contributed by atoms with van der Waals surface area (Å²) in [6, 6.07) is 8.18. The van der Waals surface area contributed by atoms with Gasteiger partial charge >= 0.3 is 0 Å². The summed E-state index contributed by atoms with van der Waals surface area (Å²) >= 11 is 0. The van der Waals surface area contributed by atoms with Crippen molar-refractivity contribution in [3.63, 3.8) is 0 Å². The predicted molar refractivity (Wildman–Crippen MR) is 76.2 cm³/mol. The van der Waals surface area contributed by atoms with E-state index in [1.165, 1.54) is 11.1 Å². The second kappa shape index (κ2) is 4.96. The lowest BCUT2D eigenvalue weighted by Gasteiger charge is -2.33. The molecule has 0 fully saturated rings. The zero-order valence-corrected chi connectivity index (χ0v) is 11.7. The molecule has 3 heterocycles. The van der Waals surface area contributed by atoms with Crippen molar-refractivity contribution >= 4 is 5.91 Å². The van der Waals surface area contributed by atoms with E-state index < -0.39 is 0 Å². The van der Waals surface area contributed by atoms with E-state index in [0.29, 0.717) is 6.54 Å². The third-order valence-electron chi connectivity index (χ3n) is 4.33. The number of aromatic nitrogens is 3. The predicted octanol–water partition coefficient (Wildman–Crippen LogP) is 0.335. The smallest absolute Gasteiger partial charge is 0.240 e. The lowest BCUT2D eigenvalue weighted by Crippen LogP contribution is -2.51. The normalized spacial score (nSPS) is 20.8. The SMILES string of the molecule is O=C([C@H]1Cc2ccccc2CN1)N1CCn2cnnc2C1. The maximum Gasteiger partial charge on any atom is 0.240 e. The number of rotatable bonds is 1. The van der Waals surface area contributed by atoms with Gasteiger partial charge in [0.1, 0.15) is 6.33 Å². The minimum absolute atomic E-state index is 0.130. The van der Waals surface area contributed by atoms with Crippen molar-refractivity contribution in [2.24, 2.45) is 0 Å². The van der Waals surface area contributed by atoms with E-state index in [-0.39, 0.29) is 11.9 Å². The van der Waals surface area contributed by atoms with Crippen molar-refractivity contribution in [2.45, 2.75) is 32.1 Å². The van der Waals surface area contributed by atoms with Gasteiger partial charge in [0.2, 0.25) is 5.91 Å². The van der Waals surface area contributed by atoms with Crippen LogP contribution in [0.15, 0.2) is 30.6 Å². The molecule has 0 radical (unpaired) electrons. The summed E-state index contributed by atoms with van der Waals surface area (Å²) in [6.45, 7) is 2.82. The summed E-state index contributed by atoms with van der Waals surface area (Å²) < 4.78 is 2.01. The van der Waals surface area contributed by atoms with E-state index in [4.69, 9.17) is 0 Å². The van der Waals surface area contributed by atoms with Gasteiger partial charge in [-0.15, -0.1) is 10.2 Å². The minimum atomic E-state index is -0.130. The van der Waals surface area contributed by atoms with Gasteiger partial charge in [-0.25, -0.2) is 0 Å². The Morgan fingerprint density at radius 2 is 2.10 bits per heavy atom. The first-order valence-corrected chi connectivity index (χ1v) is 7.27. The van der Waals surface area contributed by atoms with Crippen molar-refractivity contribution in [1.29, 1.82) is 0 Å². The molecule has 0 saturated heterocycles. The Kier molecular flexibility index (Phi) is 2.96. The highest BCUT2D eigenvalue weighted by molar-refractivity contribution is 5.82. The van der Waals surface area contributed by atoms with Gasteiger partial charge in [0.05, 0.1) is 12.6 Å². The zero-order valence-electron chi connectivity index (χ0n) is 11.7.